The summed E-state index contributed by atoms with van der Waals surface area (Å²) in [4.78, 5) is 53.5. The third-order valence-corrected chi connectivity index (χ3v) is 5.28. The van der Waals surface area contributed by atoms with E-state index in [9.17, 15) is 19.2 Å². The highest BCUT2D eigenvalue weighted by atomic mass is 16.5. The lowest BCUT2D eigenvalue weighted by Gasteiger charge is -2.24. The van der Waals surface area contributed by atoms with Gasteiger partial charge in [0.1, 0.15) is 5.82 Å². The third-order valence-electron chi connectivity index (χ3n) is 5.28. The largest absolute Gasteiger partial charge is 0.452 e. The van der Waals surface area contributed by atoms with Gasteiger partial charge in [-0.1, -0.05) is 53.2 Å². The zero-order valence-corrected chi connectivity index (χ0v) is 20.1. The van der Waals surface area contributed by atoms with E-state index < -0.39 is 29.7 Å². The number of H-pyrrole nitrogens is 1. The molecule has 0 fully saturated rings. The number of carbonyl (C=O) groups is 2. The van der Waals surface area contributed by atoms with Crippen molar-refractivity contribution in [2.75, 3.05) is 23.8 Å². The van der Waals surface area contributed by atoms with Crippen molar-refractivity contribution in [3.63, 3.8) is 0 Å². The number of anilines is 2. The van der Waals surface area contributed by atoms with Crippen molar-refractivity contribution in [2.45, 2.75) is 65.8 Å². The van der Waals surface area contributed by atoms with Crippen LogP contribution in [0.2, 0.25) is 0 Å². The maximum atomic E-state index is 13.0. The van der Waals surface area contributed by atoms with E-state index in [1.54, 1.807) is 12.1 Å². The van der Waals surface area contributed by atoms with Crippen LogP contribution < -0.4 is 21.9 Å². The molecule has 1 amide bonds. The number of amides is 1. The fourth-order valence-corrected chi connectivity index (χ4v) is 3.36. The number of nitrogens with one attached hydrogen (secondary N) is 1. The zero-order valence-electron chi connectivity index (χ0n) is 20.1. The summed E-state index contributed by atoms with van der Waals surface area (Å²) in [5, 5.41) is 0. The number of hydrogen-bond donors (Lipinski definition) is 2. The fourth-order valence-electron chi connectivity index (χ4n) is 3.36. The van der Waals surface area contributed by atoms with Crippen LogP contribution in [0.1, 0.15) is 69.8 Å². The van der Waals surface area contributed by atoms with Crippen LogP contribution in [0.3, 0.4) is 0 Å². The van der Waals surface area contributed by atoms with Crippen molar-refractivity contribution in [3.8, 4) is 0 Å². The Labute approximate surface area is 193 Å². The first-order chi connectivity index (χ1) is 15.5. The van der Waals surface area contributed by atoms with Crippen LogP contribution in [0, 0.1) is 0 Å². The van der Waals surface area contributed by atoms with Gasteiger partial charge < -0.3 is 15.4 Å². The van der Waals surface area contributed by atoms with Crippen LogP contribution in [-0.4, -0.2) is 34.6 Å². The van der Waals surface area contributed by atoms with Crippen molar-refractivity contribution >= 4 is 23.4 Å². The number of esters is 1. The molecule has 3 N–H and O–H groups in total. The van der Waals surface area contributed by atoms with E-state index in [0.717, 1.165) is 12.0 Å². The van der Waals surface area contributed by atoms with Gasteiger partial charge in [0.25, 0.3) is 11.5 Å². The lowest BCUT2D eigenvalue weighted by molar-refractivity contribution is -0.121. The molecule has 0 bridgehead atoms. The molecule has 1 aromatic carbocycles. The van der Waals surface area contributed by atoms with E-state index in [1.807, 2.05) is 26.0 Å². The summed E-state index contributed by atoms with van der Waals surface area (Å²) in [7, 11) is 0. The number of benzene rings is 1. The Morgan fingerprint density at radius 2 is 1.73 bits per heavy atom. The van der Waals surface area contributed by atoms with E-state index in [0.29, 0.717) is 24.9 Å². The predicted octanol–water partition coefficient (Wildman–Crippen LogP) is 2.82. The molecule has 1 aromatic heterocycles. The number of nitrogens with zero attached hydrogens (tertiary/aromatic N) is 2. The molecule has 0 unspecified atom stereocenters. The molecule has 0 saturated carbocycles. The molecule has 33 heavy (non-hydrogen) atoms. The number of rotatable bonds is 9. The normalized spacial score (nSPS) is 11.3. The Kier molecular flexibility index (Phi) is 8.62. The quantitative estimate of drug-likeness (QED) is 0.556. The molecule has 0 aliphatic carbocycles. The molecule has 0 atom stereocenters. The van der Waals surface area contributed by atoms with Crippen LogP contribution >= 0.6 is 0 Å². The van der Waals surface area contributed by atoms with Crippen molar-refractivity contribution in [1.82, 2.24) is 9.55 Å². The summed E-state index contributed by atoms with van der Waals surface area (Å²) in [5.74, 6) is -1.32. The number of nitrogens with two attached hydrogens (primary N) is 1. The number of hydrogen-bond acceptors (Lipinski definition) is 6. The summed E-state index contributed by atoms with van der Waals surface area (Å²) in [6, 6.07) is 7.02. The minimum absolute atomic E-state index is 0.0561. The first kappa shape index (κ1) is 25.9. The molecule has 0 aliphatic rings. The topological polar surface area (TPSA) is 127 Å². The van der Waals surface area contributed by atoms with E-state index in [1.165, 1.54) is 9.47 Å². The molecular formula is C24H34N4O5. The minimum Gasteiger partial charge on any atom is -0.452 e. The number of aromatic nitrogens is 2. The van der Waals surface area contributed by atoms with E-state index in [4.69, 9.17) is 10.5 Å². The summed E-state index contributed by atoms with van der Waals surface area (Å²) in [5.41, 5.74) is 5.97. The Bertz CT molecular complexity index is 1090. The van der Waals surface area contributed by atoms with Crippen LogP contribution in [0.5, 0.6) is 0 Å². The van der Waals surface area contributed by atoms with Crippen LogP contribution in [0.4, 0.5) is 11.5 Å². The zero-order chi connectivity index (χ0) is 24.8. The van der Waals surface area contributed by atoms with Crippen LogP contribution in [0.15, 0.2) is 33.9 Å². The molecule has 2 rings (SSSR count). The van der Waals surface area contributed by atoms with Gasteiger partial charge in [-0.15, -0.1) is 0 Å². The van der Waals surface area contributed by atoms with Gasteiger partial charge in [0, 0.05) is 13.1 Å². The highest BCUT2D eigenvalue weighted by molar-refractivity contribution is 5.98. The molecule has 9 nitrogen and oxygen atoms in total. The van der Waals surface area contributed by atoms with Gasteiger partial charge in [-0.05, 0) is 36.0 Å². The van der Waals surface area contributed by atoms with Gasteiger partial charge in [-0.3, -0.25) is 19.1 Å². The predicted molar refractivity (Wildman–Crippen MR) is 129 cm³/mol. The van der Waals surface area contributed by atoms with Gasteiger partial charge in [0.2, 0.25) is 0 Å². The Morgan fingerprint density at radius 3 is 2.27 bits per heavy atom. The molecule has 9 heteroatoms. The Balaban J connectivity index is 2.25. The second-order valence-electron chi connectivity index (χ2n) is 8.95. The van der Waals surface area contributed by atoms with Crippen molar-refractivity contribution < 1.29 is 14.3 Å². The monoisotopic (exact) mass is 458 g/mol. The molecule has 0 spiro atoms. The Morgan fingerprint density at radius 1 is 1.09 bits per heavy atom. The SMILES string of the molecule is CCCCN(C(=O)COC(=O)c1ccc(C(C)(C)C)cc1)c1c(N)n(CCC)c(=O)[nH]c1=O. The smallest absolute Gasteiger partial charge is 0.338 e. The summed E-state index contributed by atoms with van der Waals surface area (Å²) < 4.78 is 6.46. The molecule has 0 aliphatic heterocycles. The maximum Gasteiger partial charge on any atom is 0.338 e. The van der Waals surface area contributed by atoms with Crippen LogP contribution in [-0.2, 0) is 21.5 Å². The highest BCUT2D eigenvalue weighted by Gasteiger charge is 2.25. The first-order valence-corrected chi connectivity index (χ1v) is 11.2. The highest BCUT2D eigenvalue weighted by Crippen LogP contribution is 2.22. The lowest BCUT2D eigenvalue weighted by atomic mass is 9.87. The molecular weight excluding hydrogens is 424 g/mol. The molecule has 0 saturated heterocycles. The van der Waals surface area contributed by atoms with Crippen LogP contribution in [0.25, 0.3) is 0 Å². The summed E-state index contributed by atoms with van der Waals surface area (Å²) >= 11 is 0. The lowest BCUT2D eigenvalue weighted by Crippen LogP contribution is -2.43. The fraction of sp³-hybridized carbons (Fsp3) is 0.500. The van der Waals surface area contributed by atoms with Gasteiger partial charge in [-0.2, -0.15) is 0 Å². The maximum absolute atomic E-state index is 13.0. The number of aromatic amines is 1. The molecule has 0 radical (unpaired) electrons. The van der Waals surface area contributed by atoms with Gasteiger partial charge >= 0.3 is 11.7 Å². The van der Waals surface area contributed by atoms with Crippen molar-refractivity contribution in [3.05, 3.63) is 56.2 Å². The van der Waals surface area contributed by atoms with Crippen molar-refractivity contribution in [2.24, 2.45) is 0 Å². The Hall–Kier alpha value is -3.36. The average molecular weight is 459 g/mol. The summed E-state index contributed by atoms with van der Waals surface area (Å²) in [6.07, 6.45) is 1.97. The van der Waals surface area contributed by atoms with E-state index in [-0.39, 0.29) is 23.5 Å². The molecule has 1 heterocycles. The second kappa shape index (κ2) is 11.0. The third kappa shape index (κ3) is 6.34. The minimum atomic E-state index is -0.751. The molecule has 180 valence electrons. The van der Waals surface area contributed by atoms with E-state index in [2.05, 4.69) is 25.8 Å². The van der Waals surface area contributed by atoms with Gasteiger partial charge in [0.05, 0.1) is 5.56 Å². The van der Waals surface area contributed by atoms with Gasteiger partial charge in [0.15, 0.2) is 12.3 Å². The number of nitrogen functional groups attached to an aromatic ring is 1. The average Bonchev–Trinajstić information content (AvgIpc) is 2.76. The standard InChI is InChI=1S/C24H34N4O5/c1-6-8-14-27(19-20(25)28(13-7-2)23(32)26-21(19)30)18(29)15-33-22(31)16-9-11-17(12-10-16)24(3,4)5/h9-12H,6-8,13-15,25H2,1-5H3,(H,26,30,32). The first-order valence-electron chi connectivity index (χ1n) is 11.2. The van der Waals surface area contributed by atoms with Crippen molar-refractivity contribution in [1.29, 1.82) is 0 Å². The number of ether oxygens (including phenoxy) is 1. The second-order valence-corrected chi connectivity index (χ2v) is 8.95. The number of unbranched alkanes of at least 4 members (excludes halogenated alkanes) is 1. The van der Waals surface area contributed by atoms with Gasteiger partial charge in [-0.25, -0.2) is 9.59 Å². The number of carbonyl (C=O) groups excluding carboxylic acids is 2. The molecule has 2 aromatic rings. The van der Waals surface area contributed by atoms with E-state index >= 15 is 0 Å². The summed E-state index contributed by atoms with van der Waals surface area (Å²) in [6.45, 7) is 9.95.